The SMILES string of the molecule is O=C(CCCCCCCCCCCCCCCC[n+]1ccccc1)N[C@H](CO)[C@@H](O)c1ccccc1.[Br-]. The Morgan fingerprint density at radius 2 is 1.16 bits per heavy atom. The molecule has 3 N–H and O–H groups in total. The molecule has 2 rings (SSSR count). The minimum atomic E-state index is -0.899. The molecule has 5 nitrogen and oxygen atoms in total. The van der Waals surface area contributed by atoms with Crippen molar-refractivity contribution in [2.75, 3.05) is 6.61 Å². The third-order valence-corrected chi connectivity index (χ3v) is 6.91. The normalized spacial score (nSPS) is 12.5. The molecule has 1 aromatic carbocycles. The van der Waals surface area contributed by atoms with E-state index in [0.29, 0.717) is 12.0 Å². The van der Waals surface area contributed by atoms with Gasteiger partial charge in [0.15, 0.2) is 12.4 Å². The Morgan fingerprint density at radius 3 is 1.68 bits per heavy atom. The Hall–Kier alpha value is -1.76. The van der Waals surface area contributed by atoms with E-state index < -0.39 is 12.1 Å². The van der Waals surface area contributed by atoms with E-state index in [0.717, 1.165) is 19.4 Å². The molecule has 208 valence electrons. The number of carbonyl (C=O) groups excluding carboxylic acids is 1. The number of nitrogens with zero attached hydrogens (tertiary/aromatic N) is 1. The standard InChI is InChI=1S/C31H48N2O3.BrH/c34-27-29(31(36)28-21-15-13-16-22-28)32-30(35)23-17-11-9-7-5-3-1-2-4-6-8-10-12-18-24-33-25-19-14-20-26-33;/h13-16,19-22,25-26,29,31,34,36H,1-12,17-18,23-24,27H2;1H/t29-,31+;/m1./s1. The van der Waals surface area contributed by atoms with Crippen LogP contribution in [0.1, 0.15) is 108 Å². The van der Waals surface area contributed by atoms with Crippen LogP contribution in [0.2, 0.25) is 0 Å². The lowest BCUT2D eigenvalue weighted by Gasteiger charge is -2.22. The maximum Gasteiger partial charge on any atom is 0.220 e. The van der Waals surface area contributed by atoms with Crippen LogP contribution >= 0.6 is 0 Å². The van der Waals surface area contributed by atoms with Gasteiger partial charge in [-0.2, -0.15) is 0 Å². The van der Waals surface area contributed by atoms with Crippen LogP contribution in [0.5, 0.6) is 0 Å². The van der Waals surface area contributed by atoms with E-state index in [9.17, 15) is 15.0 Å². The number of halogens is 1. The number of aryl methyl sites for hydroxylation is 1. The zero-order valence-corrected chi connectivity index (χ0v) is 24.2. The fourth-order valence-electron chi connectivity index (χ4n) is 4.67. The zero-order chi connectivity index (χ0) is 25.7. The lowest BCUT2D eigenvalue weighted by Crippen LogP contribution is -3.00. The number of amides is 1. The van der Waals surface area contributed by atoms with Gasteiger partial charge in [0, 0.05) is 25.0 Å². The maximum absolute atomic E-state index is 12.2. The van der Waals surface area contributed by atoms with Gasteiger partial charge in [0.1, 0.15) is 12.6 Å². The van der Waals surface area contributed by atoms with Crippen LogP contribution in [0.4, 0.5) is 0 Å². The number of aromatic nitrogens is 1. The zero-order valence-electron chi connectivity index (χ0n) is 22.6. The van der Waals surface area contributed by atoms with E-state index >= 15 is 0 Å². The molecule has 0 spiro atoms. The molecule has 1 amide bonds. The average molecular weight is 578 g/mol. The van der Waals surface area contributed by atoms with E-state index in [-0.39, 0.29) is 29.5 Å². The largest absolute Gasteiger partial charge is 1.00 e. The van der Waals surface area contributed by atoms with Crippen molar-refractivity contribution in [1.29, 1.82) is 0 Å². The molecule has 0 saturated carbocycles. The molecule has 6 heteroatoms. The van der Waals surface area contributed by atoms with Crippen LogP contribution in [-0.4, -0.2) is 28.8 Å². The van der Waals surface area contributed by atoms with Crippen LogP contribution in [0.25, 0.3) is 0 Å². The Kier molecular flexibility index (Phi) is 20.0. The summed E-state index contributed by atoms with van der Waals surface area (Å²) in [5, 5.41) is 22.7. The van der Waals surface area contributed by atoms with E-state index in [1.807, 2.05) is 18.2 Å². The number of hydrogen-bond donors (Lipinski definition) is 3. The predicted octanol–water partition coefficient (Wildman–Crippen LogP) is 3.04. The van der Waals surface area contributed by atoms with Crippen molar-refractivity contribution in [3.63, 3.8) is 0 Å². The molecule has 1 aromatic heterocycles. The smallest absolute Gasteiger partial charge is 0.220 e. The van der Waals surface area contributed by atoms with E-state index in [1.165, 1.54) is 77.0 Å². The summed E-state index contributed by atoms with van der Waals surface area (Å²) in [6, 6.07) is 14.7. The first-order valence-corrected chi connectivity index (χ1v) is 14.3. The summed E-state index contributed by atoms with van der Waals surface area (Å²) >= 11 is 0. The van der Waals surface area contributed by atoms with Gasteiger partial charge in [-0.15, -0.1) is 0 Å². The summed E-state index contributed by atoms with van der Waals surface area (Å²) in [6.07, 6.45) is 21.6. The molecule has 0 aliphatic carbocycles. The monoisotopic (exact) mass is 576 g/mol. The van der Waals surface area contributed by atoms with Gasteiger partial charge in [-0.25, -0.2) is 4.57 Å². The summed E-state index contributed by atoms with van der Waals surface area (Å²) in [6.45, 7) is 0.854. The van der Waals surface area contributed by atoms with Crippen LogP contribution in [0, 0.1) is 0 Å². The minimum Gasteiger partial charge on any atom is -1.00 e. The number of benzene rings is 1. The number of pyridine rings is 1. The second kappa shape index (κ2) is 22.2. The number of rotatable bonds is 21. The lowest BCUT2D eigenvalue weighted by molar-refractivity contribution is -0.697. The van der Waals surface area contributed by atoms with Gasteiger partial charge >= 0.3 is 0 Å². The first-order chi connectivity index (χ1) is 17.7. The highest BCUT2D eigenvalue weighted by Gasteiger charge is 2.21. The summed E-state index contributed by atoms with van der Waals surface area (Å²) < 4.78 is 2.27. The van der Waals surface area contributed by atoms with Crippen LogP contribution in [0.3, 0.4) is 0 Å². The van der Waals surface area contributed by atoms with Gasteiger partial charge in [-0.1, -0.05) is 107 Å². The number of unbranched alkanes of at least 4 members (excludes halogenated alkanes) is 13. The molecule has 0 unspecified atom stereocenters. The second-order valence-corrected chi connectivity index (χ2v) is 10.0. The van der Waals surface area contributed by atoms with Gasteiger partial charge in [0.05, 0.1) is 12.6 Å². The van der Waals surface area contributed by atoms with Crippen molar-refractivity contribution >= 4 is 5.91 Å². The molecule has 1 heterocycles. The average Bonchev–Trinajstić information content (AvgIpc) is 2.92. The summed E-state index contributed by atoms with van der Waals surface area (Å²) in [7, 11) is 0. The van der Waals surface area contributed by atoms with Crippen LogP contribution in [0.15, 0.2) is 60.9 Å². The fourth-order valence-corrected chi connectivity index (χ4v) is 4.67. The van der Waals surface area contributed by atoms with Gasteiger partial charge in [-0.05, 0) is 18.4 Å². The molecule has 37 heavy (non-hydrogen) atoms. The van der Waals surface area contributed by atoms with Crippen molar-refractivity contribution < 1.29 is 36.6 Å². The topological polar surface area (TPSA) is 73.4 Å². The van der Waals surface area contributed by atoms with E-state index in [1.54, 1.807) is 12.1 Å². The second-order valence-electron chi connectivity index (χ2n) is 10.0. The van der Waals surface area contributed by atoms with Crippen LogP contribution < -0.4 is 26.9 Å². The molecule has 2 atom stereocenters. The predicted molar refractivity (Wildman–Crippen MR) is 146 cm³/mol. The summed E-state index contributed by atoms with van der Waals surface area (Å²) in [5.41, 5.74) is 0.700. The number of aliphatic hydroxyl groups is 2. The molecular weight excluding hydrogens is 528 g/mol. The Labute approximate surface area is 235 Å². The maximum atomic E-state index is 12.2. The Morgan fingerprint density at radius 1 is 0.703 bits per heavy atom. The Balaban J connectivity index is 0.00000684. The van der Waals surface area contributed by atoms with Gasteiger partial charge in [-0.3, -0.25) is 4.79 Å². The van der Waals surface area contributed by atoms with Gasteiger partial charge in [0.25, 0.3) is 0 Å². The molecule has 0 bridgehead atoms. The van der Waals surface area contributed by atoms with Gasteiger partial charge < -0.3 is 32.5 Å². The van der Waals surface area contributed by atoms with E-state index in [2.05, 4.69) is 40.5 Å². The van der Waals surface area contributed by atoms with E-state index in [4.69, 9.17) is 0 Å². The van der Waals surface area contributed by atoms with Crippen molar-refractivity contribution in [2.45, 2.75) is 115 Å². The third kappa shape index (κ3) is 15.9. The molecule has 0 aliphatic heterocycles. The molecule has 0 radical (unpaired) electrons. The number of nitrogens with one attached hydrogen (secondary N) is 1. The lowest BCUT2D eigenvalue weighted by atomic mass is 10.0. The molecule has 0 saturated heterocycles. The first-order valence-electron chi connectivity index (χ1n) is 14.3. The van der Waals surface area contributed by atoms with Crippen molar-refractivity contribution in [3.8, 4) is 0 Å². The fraction of sp³-hybridized carbons (Fsp3) is 0.613. The van der Waals surface area contributed by atoms with Gasteiger partial charge in [0.2, 0.25) is 5.91 Å². The molecule has 0 fully saturated rings. The summed E-state index contributed by atoms with van der Waals surface area (Å²) in [4.78, 5) is 12.2. The number of aliphatic hydroxyl groups excluding tert-OH is 2. The van der Waals surface area contributed by atoms with Crippen molar-refractivity contribution in [3.05, 3.63) is 66.5 Å². The third-order valence-electron chi connectivity index (χ3n) is 6.91. The number of hydrogen-bond acceptors (Lipinski definition) is 3. The van der Waals surface area contributed by atoms with Crippen LogP contribution in [-0.2, 0) is 11.3 Å². The highest BCUT2D eigenvalue weighted by molar-refractivity contribution is 5.76. The highest BCUT2D eigenvalue weighted by atomic mass is 79.9. The molecule has 0 aliphatic rings. The Bertz CT molecular complexity index is 792. The van der Waals surface area contributed by atoms with Crippen molar-refractivity contribution in [1.82, 2.24) is 5.32 Å². The molecule has 2 aromatic rings. The highest BCUT2D eigenvalue weighted by Crippen LogP contribution is 2.17. The molecular formula is C31H49BrN2O3. The van der Waals surface area contributed by atoms with Crippen molar-refractivity contribution in [2.24, 2.45) is 0 Å². The summed E-state index contributed by atoms with van der Waals surface area (Å²) in [5.74, 6) is -0.0980. The minimum absolute atomic E-state index is 0. The quantitative estimate of drug-likeness (QED) is 0.158. The number of carbonyl (C=O) groups is 1. The first kappa shape index (κ1) is 33.3.